The molecule has 0 saturated heterocycles. The van der Waals surface area contributed by atoms with Crippen molar-refractivity contribution in [1.29, 1.82) is 0 Å². The molecular formula is C15H10BrClO. The molecule has 0 bridgehead atoms. The predicted molar refractivity (Wildman–Crippen MR) is 78.1 cm³/mol. The maximum atomic E-state index is 6.51. The maximum Gasteiger partial charge on any atom is 0.169 e. The Morgan fingerprint density at radius 3 is 2.50 bits per heavy atom. The summed E-state index contributed by atoms with van der Waals surface area (Å²) >= 11 is 9.81. The molecule has 0 aliphatic carbocycles. The summed E-state index contributed by atoms with van der Waals surface area (Å²) in [5.41, 5.74) is 1.07. The van der Waals surface area contributed by atoms with E-state index in [1.54, 1.807) is 0 Å². The second-order valence-electron chi connectivity index (χ2n) is 4.07. The number of benzene rings is 2. The molecule has 1 unspecified atom stereocenters. The van der Waals surface area contributed by atoms with E-state index in [0.717, 1.165) is 16.7 Å². The number of halogens is 2. The lowest BCUT2D eigenvalue weighted by Gasteiger charge is -2.10. The molecule has 2 aromatic carbocycles. The molecule has 18 heavy (non-hydrogen) atoms. The van der Waals surface area contributed by atoms with Crippen LogP contribution >= 0.6 is 27.5 Å². The van der Waals surface area contributed by atoms with Gasteiger partial charge in [-0.2, -0.15) is 0 Å². The van der Waals surface area contributed by atoms with Crippen molar-refractivity contribution in [2.24, 2.45) is 0 Å². The zero-order valence-corrected chi connectivity index (χ0v) is 11.8. The van der Waals surface area contributed by atoms with Gasteiger partial charge in [0.05, 0.1) is 0 Å². The number of alkyl halides is 1. The molecule has 1 heterocycles. The average molecular weight is 322 g/mol. The smallest absolute Gasteiger partial charge is 0.169 e. The third kappa shape index (κ3) is 2.06. The molecule has 0 aliphatic heterocycles. The molecule has 0 aliphatic rings. The van der Waals surface area contributed by atoms with Crippen LogP contribution in [0.2, 0.25) is 0 Å². The quantitative estimate of drug-likeness (QED) is 0.566. The average Bonchev–Trinajstić information content (AvgIpc) is 2.84. The lowest BCUT2D eigenvalue weighted by Crippen LogP contribution is -1.92. The first-order valence-corrected chi connectivity index (χ1v) is 6.85. The Hall–Kier alpha value is -1.25. The van der Waals surface area contributed by atoms with E-state index in [9.17, 15) is 0 Å². The highest BCUT2D eigenvalue weighted by Crippen LogP contribution is 2.35. The Morgan fingerprint density at radius 2 is 1.72 bits per heavy atom. The molecular weight excluding hydrogens is 312 g/mol. The maximum absolute atomic E-state index is 6.51. The number of furan rings is 1. The first-order chi connectivity index (χ1) is 8.75. The van der Waals surface area contributed by atoms with Crippen LogP contribution in [-0.4, -0.2) is 0 Å². The van der Waals surface area contributed by atoms with Crippen LogP contribution in [0.15, 0.2) is 63.7 Å². The Morgan fingerprint density at radius 1 is 0.944 bits per heavy atom. The molecule has 1 nitrogen and oxygen atoms in total. The normalized spacial score (nSPS) is 12.8. The van der Waals surface area contributed by atoms with Crippen molar-refractivity contribution >= 4 is 38.3 Å². The highest BCUT2D eigenvalue weighted by Gasteiger charge is 2.16. The van der Waals surface area contributed by atoms with E-state index < -0.39 is 0 Å². The van der Waals surface area contributed by atoms with Crippen LogP contribution in [0.1, 0.15) is 16.7 Å². The van der Waals surface area contributed by atoms with Gasteiger partial charge in [-0.25, -0.2) is 0 Å². The van der Waals surface area contributed by atoms with Gasteiger partial charge in [0.25, 0.3) is 0 Å². The summed E-state index contributed by atoms with van der Waals surface area (Å²) in [6, 6.07) is 18.1. The molecule has 90 valence electrons. The second kappa shape index (κ2) is 4.79. The molecule has 3 rings (SSSR count). The van der Waals surface area contributed by atoms with E-state index in [4.69, 9.17) is 16.0 Å². The minimum absolute atomic E-state index is 0.276. The zero-order chi connectivity index (χ0) is 12.5. The van der Waals surface area contributed by atoms with Gasteiger partial charge >= 0.3 is 0 Å². The van der Waals surface area contributed by atoms with Crippen LogP contribution in [0.25, 0.3) is 10.8 Å². The van der Waals surface area contributed by atoms with Crippen molar-refractivity contribution < 1.29 is 4.42 Å². The van der Waals surface area contributed by atoms with Crippen LogP contribution in [-0.2, 0) is 0 Å². The van der Waals surface area contributed by atoms with Crippen molar-refractivity contribution in [3.05, 3.63) is 70.6 Å². The standard InChI is InChI=1S/C15H10BrClO/c16-14-9-8-13(18-14)15(17)12-7-3-5-10-4-1-2-6-11(10)12/h1-9,15H. The highest BCUT2D eigenvalue weighted by molar-refractivity contribution is 9.10. The lowest BCUT2D eigenvalue weighted by molar-refractivity contribution is 0.494. The third-order valence-electron chi connectivity index (χ3n) is 2.94. The Balaban J connectivity index is 2.14. The fraction of sp³-hybridized carbons (Fsp3) is 0.0667. The van der Waals surface area contributed by atoms with Crippen molar-refractivity contribution in [2.45, 2.75) is 5.38 Å². The molecule has 1 atom stereocenters. The van der Waals surface area contributed by atoms with E-state index in [2.05, 4.69) is 34.1 Å². The van der Waals surface area contributed by atoms with Crippen molar-refractivity contribution in [2.75, 3.05) is 0 Å². The van der Waals surface area contributed by atoms with Gasteiger partial charge in [-0.3, -0.25) is 0 Å². The molecule has 0 radical (unpaired) electrons. The van der Waals surface area contributed by atoms with Crippen LogP contribution in [0.3, 0.4) is 0 Å². The van der Waals surface area contributed by atoms with Gasteiger partial charge in [0.2, 0.25) is 0 Å². The molecule has 0 amide bonds. The monoisotopic (exact) mass is 320 g/mol. The SMILES string of the molecule is ClC(c1ccc(Br)o1)c1cccc2ccccc12. The van der Waals surface area contributed by atoms with E-state index in [0.29, 0.717) is 4.67 Å². The van der Waals surface area contributed by atoms with Gasteiger partial charge in [-0.05, 0) is 44.4 Å². The molecule has 3 aromatic rings. The number of rotatable bonds is 2. The van der Waals surface area contributed by atoms with Gasteiger partial charge in [-0.15, -0.1) is 11.6 Å². The number of hydrogen-bond acceptors (Lipinski definition) is 1. The van der Waals surface area contributed by atoms with Gasteiger partial charge in [-0.1, -0.05) is 42.5 Å². The molecule has 0 spiro atoms. The van der Waals surface area contributed by atoms with Crippen LogP contribution in [0, 0.1) is 0 Å². The summed E-state index contributed by atoms with van der Waals surface area (Å²) in [7, 11) is 0. The molecule has 0 fully saturated rings. The van der Waals surface area contributed by atoms with E-state index in [1.165, 1.54) is 5.39 Å². The van der Waals surface area contributed by atoms with Crippen molar-refractivity contribution in [3.63, 3.8) is 0 Å². The van der Waals surface area contributed by atoms with Crippen LogP contribution in [0.5, 0.6) is 0 Å². The van der Waals surface area contributed by atoms with E-state index >= 15 is 0 Å². The lowest BCUT2D eigenvalue weighted by atomic mass is 10.0. The molecule has 1 aromatic heterocycles. The second-order valence-corrected chi connectivity index (χ2v) is 5.29. The van der Waals surface area contributed by atoms with Crippen molar-refractivity contribution in [3.8, 4) is 0 Å². The first-order valence-electron chi connectivity index (χ1n) is 5.62. The zero-order valence-electron chi connectivity index (χ0n) is 9.44. The summed E-state index contributed by atoms with van der Waals surface area (Å²) in [5, 5.41) is 2.07. The molecule has 3 heteroatoms. The highest BCUT2D eigenvalue weighted by atomic mass is 79.9. The molecule has 0 saturated carbocycles. The predicted octanol–water partition coefficient (Wildman–Crippen LogP) is 5.52. The summed E-state index contributed by atoms with van der Waals surface area (Å²) in [5.74, 6) is 0.750. The van der Waals surface area contributed by atoms with Crippen LogP contribution < -0.4 is 0 Å². The van der Waals surface area contributed by atoms with E-state index in [1.807, 2.05) is 36.4 Å². The van der Waals surface area contributed by atoms with Crippen molar-refractivity contribution in [1.82, 2.24) is 0 Å². The minimum Gasteiger partial charge on any atom is -0.452 e. The molecule has 0 N–H and O–H groups in total. The summed E-state index contributed by atoms with van der Waals surface area (Å²) in [6.45, 7) is 0. The topological polar surface area (TPSA) is 13.1 Å². The third-order valence-corrected chi connectivity index (χ3v) is 3.82. The largest absolute Gasteiger partial charge is 0.452 e. The van der Waals surface area contributed by atoms with E-state index in [-0.39, 0.29) is 5.38 Å². The summed E-state index contributed by atoms with van der Waals surface area (Å²) in [6.07, 6.45) is 0. The number of fused-ring (bicyclic) bond motifs is 1. The Kier molecular flexibility index (Phi) is 3.14. The summed E-state index contributed by atoms with van der Waals surface area (Å²) in [4.78, 5) is 0. The van der Waals surface area contributed by atoms with Gasteiger partial charge < -0.3 is 4.42 Å². The Labute approximate surface area is 119 Å². The number of hydrogen-bond donors (Lipinski definition) is 0. The van der Waals surface area contributed by atoms with Gasteiger partial charge in [0.1, 0.15) is 11.1 Å². The first kappa shape index (κ1) is 11.8. The van der Waals surface area contributed by atoms with Gasteiger partial charge in [0, 0.05) is 0 Å². The van der Waals surface area contributed by atoms with Gasteiger partial charge in [0.15, 0.2) is 4.67 Å². The fourth-order valence-electron chi connectivity index (χ4n) is 2.09. The van der Waals surface area contributed by atoms with Crippen LogP contribution in [0.4, 0.5) is 0 Å². The summed E-state index contributed by atoms with van der Waals surface area (Å²) < 4.78 is 6.23. The fourth-order valence-corrected chi connectivity index (χ4v) is 2.72. The Bertz CT molecular complexity index is 684. The minimum atomic E-state index is -0.276.